The molecule has 1 aromatic rings. The van der Waals surface area contributed by atoms with Crippen molar-refractivity contribution in [3.8, 4) is 5.75 Å². The van der Waals surface area contributed by atoms with Crippen molar-refractivity contribution in [2.45, 2.75) is 19.8 Å². The van der Waals surface area contributed by atoms with E-state index in [1.165, 1.54) is 5.56 Å². The first kappa shape index (κ1) is 11.7. The van der Waals surface area contributed by atoms with Gasteiger partial charge in [0, 0.05) is 6.42 Å². The van der Waals surface area contributed by atoms with Gasteiger partial charge in [-0.05, 0) is 24.1 Å². The first-order chi connectivity index (χ1) is 7.26. The van der Waals surface area contributed by atoms with Gasteiger partial charge in [-0.1, -0.05) is 19.1 Å². The molecule has 1 N–H and O–H groups in total. The summed E-state index contributed by atoms with van der Waals surface area (Å²) in [7, 11) is 0. The van der Waals surface area contributed by atoms with Crippen LogP contribution in [0.25, 0.3) is 0 Å². The molecule has 0 atom stereocenters. The highest BCUT2D eigenvalue weighted by atomic mass is 16.5. The Balaban J connectivity index is 2.34. The van der Waals surface area contributed by atoms with Crippen LogP contribution >= 0.6 is 0 Å². The van der Waals surface area contributed by atoms with Crippen LogP contribution in [0.4, 0.5) is 0 Å². The molecular weight excluding hydrogens is 192 g/mol. The molecule has 1 aromatic carbocycles. The summed E-state index contributed by atoms with van der Waals surface area (Å²) in [6.45, 7) is 2.01. The monoisotopic (exact) mass is 208 g/mol. The minimum absolute atomic E-state index is 0.194. The number of ether oxygens (including phenoxy) is 1. The van der Waals surface area contributed by atoms with Crippen LogP contribution in [0.5, 0.6) is 5.75 Å². The lowest BCUT2D eigenvalue weighted by Gasteiger charge is -2.05. The SMILES string of the molecule is CCc1ccc(OCCC(=O)CO)cc1. The highest BCUT2D eigenvalue weighted by Crippen LogP contribution is 2.12. The third-order valence-electron chi connectivity index (χ3n) is 2.16. The molecule has 0 fully saturated rings. The quantitative estimate of drug-likeness (QED) is 0.772. The van der Waals surface area contributed by atoms with E-state index in [0.717, 1.165) is 12.2 Å². The number of hydrogen-bond acceptors (Lipinski definition) is 3. The molecule has 0 unspecified atom stereocenters. The smallest absolute Gasteiger partial charge is 0.161 e. The molecule has 0 spiro atoms. The van der Waals surface area contributed by atoms with Gasteiger partial charge in [0.25, 0.3) is 0 Å². The van der Waals surface area contributed by atoms with Gasteiger partial charge in [0.2, 0.25) is 0 Å². The van der Waals surface area contributed by atoms with Crippen LogP contribution < -0.4 is 4.74 Å². The van der Waals surface area contributed by atoms with Crippen LogP contribution in [-0.2, 0) is 11.2 Å². The summed E-state index contributed by atoms with van der Waals surface area (Å²) in [6, 6.07) is 7.79. The molecule has 0 aromatic heterocycles. The zero-order valence-corrected chi connectivity index (χ0v) is 8.90. The second-order valence-corrected chi connectivity index (χ2v) is 3.29. The molecule has 0 aliphatic rings. The minimum atomic E-state index is -0.405. The van der Waals surface area contributed by atoms with Crippen LogP contribution in [-0.4, -0.2) is 24.1 Å². The fraction of sp³-hybridized carbons (Fsp3) is 0.417. The van der Waals surface area contributed by atoms with E-state index in [4.69, 9.17) is 9.84 Å². The number of carbonyl (C=O) groups excluding carboxylic acids is 1. The molecular formula is C12H16O3. The van der Waals surface area contributed by atoms with Gasteiger partial charge in [-0.2, -0.15) is 0 Å². The van der Waals surface area contributed by atoms with Crippen molar-refractivity contribution >= 4 is 5.78 Å². The molecule has 0 saturated carbocycles. The summed E-state index contributed by atoms with van der Waals surface area (Å²) < 4.78 is 5.35. The fourth-order valence-corrected chi connectivity index (χ4v) is 1.18. The molecule has 3 heteroatoms. The van der Waals surface area contributed by atoms with Crippen LogP contribution in [0.2, 0.25) is 0 Å². The molecule has 0 heterocycles. The number of benzene rings is 1. The van der Waals surface area contributed by atoms with Crippen LogP contribution in [0.1, 0.15) is 18.9 Å². The second-order valence-electron chi connectivity index (χ2n) is 3.29. The molecule has 0 saturated heterocycles. The van der Waals surface area contributed by atoms with Gasteiger partial charge in [-0.15, -0.1) is 0 Å². The summed E-state index contributed by atoms with van der Waals surface area (Å²) in [5.41, 5.74) is 1.26. The van der Waals surface area contributed by atoms with Gasteiger partial charge < -0.3 is 9.84 Å². The highest BCUT2D eigenvalue weighted by molar-refractivity contribution is 5.79. The van der Waals surface area contributed by atoms with Crippen molar-refractivity contribution in [1.82, 2.24) is 0 Å². The Kier molecular flexibility index (Phi) is 4.84. The predicted molar refractivity (Wildman–Crippen MR) is 58.0 cm³/mol. The summed E-state index contributed by atoms with van der Waals surface area (Å²) in [5, 5.41) is 8.50. The van der Waals surface area contributed by atoms with E-state index < -0.39 is 6.61 Å². The van der Waals surface area contributed by atoms with Crippen LogP contribution in [0, 0.1) is 0 Å². The number of carbonyl (C=O) groups is 1. The first-order valence-electron chi connectivity index (χ1n) is 5.10. The number of aliphatic hydroxyl groups is 1. The Bertz CT molecular complexity index is 303. The Labute approximate surface area is 89.7 Å². The van der Waals surface area contributed by atoms with Gasteiger partial charge >= 0.3 is 0 Å². The van der Waals surface area contributed by atoms with E-state index >= 15 is 0 Å². The number of rotatable bonds is 6. The van der Waals surface area contributed by atoms with E-state index in [0.29, 0.717) is 6.61 Å². The lowest BCUT2D eigenvalue weighted by Crippen LogP contribution is -2.09. The maximum absolute atomic E-state index is 10.8. The van der Waals surface area contributed by atoms with E-state index in [1.54, 1.807) is 0 Å². The van der Waals surface area contributed by atoms with Crippen molar-refractivity contribution in [1.29, 1.82) is 0 Å². The van der Waals surface area contributed by atoms with Gasteiger partial charge in [0.15, 0.2) is 5.78 Å². The van der Waals surface area contributed by atoms with Crippen molar-refractivity contribution in [3.63, 3.8) is 0 Å². The van der Waals surface area contributed by atoms with E-state index in [2.05, 4.69) is 6.92 Å². The normalized spacial score (nSPS) is 10.0. The van der Waals surface area contributed by atoms with Crippen molar-refractivity contribution < 1.29 is 14.6 Å². The third-order valence-corrected chi connectivity index (χ3v) is 2.16. The number of ketones is 1. The second kappa shape index (κ2) is 6.19. The molecule has 82 valence electrons. The Morgan fingerprint density at radius 3 is 2.53 bits per heavy atom. The number of hydrogen-bond donors (Lipinski definition) is 1. The fourth-order valence-electron chi connectivity index (χ4n) is 1.18. The van der Waals surface area contributed by atoms with E-state index in [-0.39, 0.29) is 12.2 Å². The number of aliphatic hydroxyl groups excluding tert-OH is 1. The number of aryl methyl sites for hydroxylation is 1. The minimum Gasteiger partial charge on any atom is -0.493 e. The predicted octanol–water partition coefficient (Wildman–Crippen LogP) is 1.58. The van der Waals surface area contributed by atoms with Crippen molar-refractivity contribution in [2.75, 3.05) is 13.2 Å². The summed E-state index contributed by atoms with van der Waals surface area (Å²) in [4.78, 5) is 10.8. The van der Waals surface area contributed by atoms with Crippen molar-refractivity contribution in [3.05, 3.63) is 29.8 Å². The molecule has 0 bridgehead atoms. The van der Waals surface area contributed by atoms with Gasteiger partial charge in [-0.25, -0.2) is 0 Å². The summed E-state index contributed by atoms with van der Waals surface area (Å²) >= 11 is 0. The Morgan fingerprint density at radius 1 is 1.33 bits per heavy atom. The van der Waals surface area contributed by atoms with Gasteiger partial charge in [-0.3, -0.25) is 4.79 Å². The maximum atomic E-state index is 10.8. The average Bonchev–Trinajstić information content (AvgIpc) is 2.29. The number of Topliss-reactive ketones (excluding diaryl/α,β-unsaturated/α-hetero) is 1. The molecule has 0 radical (unpaired) electrons. The van der Waals surface area contributed by atoms with Gasteiger partial charge in [0.05, 0.1) is 6.61 Å². The standard InChI is InChI=1S/C12H16O3/c1-2-10-3-5-12(6-4-10)15-8-7-11(14)9-13/h3-6,13H,2,7-9H2,1H3. The van der Waals surface area contributed by atoms with Gasteiger partial charge in [0.1, 0.15) is 12.4 Å². The topological polar surface area (TPSA) is 46.5 Å². The van der Waals surface area contributed by atoms with Crippen LogP contribution in [0.15, 0.2) is 24.3 Å². The molecule has 0 amide bonds. The highest BCUT2D eigenvalue weighted by Gasteiger charge is 1.99. The Morgan fingerprint density at radius 2 is 2.00 bits per heavy atom. The van der Waals surface area contributed by atoms with E-state index in [9.17, 15) is 4.79 Å². The molecule has 1 rings (SSSR count). The zero-order chi connectivity index (χ0) is 11.1. The summed E-state index contributed by atoms with van der Waals surface area (Å²) in [5.74, 6) is 0.568. The summed E-state index contributed by atoms with van der Waals surface area (Å²) in [6.07, 6.45) is 1.26. The molecule has 0 aliphatic heterocycles. The Hall–Kier alpha value is -1.35. The third kappa shape index (κ3) is 4.13. The average molecular weight is 208 g/mol. The van der Waals surface area contributed by atoms with Crippen LogP contribution in [0.3, 0.4) is 0 Å². The lowest BCUT2D eigenvalue weighted by molar-refractivity contribution is -0.122. The maximum Gasteiger partial charge on any atom is 0.161 e. The zero-order valence-electron chi connectivity index (χ0n) is 8.90. The van der Waals surface area contributed by atoms with Crippen molar-refractivity contribution in [2.24, 2.45) is 0 Å². The largest absolute Gasteiger partial charge is 0.493 e. The first-order valence-corrected chi connectivity index (χ1v) is 5.10. The van der Waals surface area contributed by atoms with E-state index in [1.807, 2.05) is 24.3 Å². The molecule has 3 nitrogen and oxygen atoms in total. The molecule has 0 aliphatic carbocycles. The molecule has 15 heavy (non-hydrogen) atoms. The lowest BCUT2D eigenvalue weighted by atomic mass is 10.2.